The molecule has 0 unspecified atom stereocenters. The van der Waals surface area contributed by atoms with E-state index in [1.54, 1.807) is 0 Å². The van der Waals surface area contributed by atoms with Gasteiger partial charge in [-0.3, -0.25) is 0 Å². The molecular weight excluding hydrogens is 913 g/mol. The van der Waals surface area contributed by atoms with Crippen LogP contribution in [0.25, 0.3) is 0 Å². The molecule has 0 aliphatic rings. The van der Waals surface area contributed by atoms with Gasteiger partial charge in [-0.05, 0) is 24.3 Å². The Morgan fingerprint density at radius 2 is 0.338 bits per heavy atom. The first kappa shape index (κ1) is 46.6. The summed E-state index contributed by atoms with van der Waals surface area (Å²) in [6, 6.07) is 84.4. The number of hydrogen-bond acceptors (Lipinski definition) is 6. The van der Waals surface area contributed by atoms with E-state index < -0.39 is 28.6 Å². The number of nitrogens with zero attached hydrogens (tertiary/aromatic N) is 2. The first-order valence-corrected chi connectivity index (χ1v) is 30.2. The SMILES string of the molecule is O=P(CN(CP(=O)(c1ccccc1)c1ccccc1)c1ccc(N(CP(=O)(c2ccccc2)c2ccccc2)CP(=O)(c2ccccc2)c2ccccc2)cc1)(c1ccccc1)c1ccccc1. The standard InChI is InChI=1S/C58H52N2O4P4/c61-65(51-25-9-1-10-26-51,52-27-11-2-12-28-52)45-59(46-66(62,53-29-13-3-14-30-53)54-31-15-4-16-32-54)49-41-43-50(44-42-49)60(47-67(63,55-33-17-5-18-34-55)56-35-19-6-20-36-56)48-68(64,57-37-21-7-22-38-57)58-39-23-8-24-40-58/h1-44H,45-48H2. The zero-order valence-electron chi connectivity index (χ0n) is 37.5. The smallest absolute Gasteiger partial charge is 0.161 e. The van der Waals surface area contributed by atoms with Crippen LogP contribution in [0.5, 0.6) is 0 Å². The summed E-state index contributed by atoms with van der Waals surface area (Å²) in [7, 11) is -13.7. The molecule has 0 atom stereocenters. The van der Waals surface area contributed by atoms with Gasteiger partial charge in [-0.2, -0.15) is 0 Å². The van der Waals surface area contributed by atoms with Crippen LogP contribution in [-0.2, 0) is 18.3 Å². The van der Waals surface area contributed by atoms with Gasteiger partial charge < -0.3 is 28.1 Å². The second-order valence-corrected chi connectivity index (χ2v) is 28.0. The predicted octanol–water partition coefficient (Wildman–Crippen LogP) is 11.2. The van der Waals surface area contributed by atoms with E-state index in [-0.39, 0.29) is 25.1 Å². The maximum atomic E-state index is 16.0. The summed E-state index contributed by atoms with van der Waals surface area (Å²) in [5.74, 6) is 0. The van der Waals surface area contributed by atoms with Crippen molar-refractivity contribution in [2.24, 2.45) is 0 Å². The van der Waals surface area contributed by atoms with Crippen molar-refractivity contribution in [3.63, 3.8) is 0 Å². The molecule has 0 spiro atoms. The van der Waals surface area contributed by atoms with E-state index in [0.29, 0.717) is 53.8 Å². The zero-order chi connectivity index (χ0) is 46.9. The van der Waals surface area contributed by atoms with Crippen LogP contribution in [0.1, 0.15) is 0 Å². The van der Waals surface area contributed by atoms with E-state index in [2.05, 4.69) is 0 Å². The van der Waals surface area contributed by atoms with E-state index in [4.69, 9.17) is 0 Å². The molecule has 10 heteroatoms. The van der Waals surface area contributed by atoms with Gasteiger partial charge in [0.2, 0.25) is 0 Å². The summed E-state index contributed by atoms with van der Waals surface area (Å²) in [6.45, 7) is 0. The number of anilines is 2. The van der Waals surface area contributed by atoms with Gasteiger partial charge in [-0.15, -0.1) is 0 Å². The van der Waals surface area contributed by atoms with Crippen LogP contribution < -0.4 is 52.2 Å². The topological polar surface area (TPSA) is 74.8 Å². The minimum Gasteiger partial charge on any atom is -0.356 e. The molecule has 0 aliphatic carbocycles. The first-order valence-electron chi connectivity index (χ1n) is 22.6. The summed E-state index contributed by atoms with van der Waals surface area (Å²) < 4.78 is 63.9. The normalized spacial score (nSPS) is 12.0. The second kappa shape index (κ2) is 20.8. The highest BCUT2D eigenvalue weighted by atomic mass is 31.2. The van der Waals surface area contributed by atoms with Gasteiger partial charge >= 0.3 is 0 Å². The van der Waals surface area contributed by atoms with E-state index in [1.165, 1.54) is 0 Å². The Hall–Kier alpha value is -6.50. The fraction of sp³-hybridized carbons (Fsp3) is 0.0690. The van der Waals surface area contributed by atoms with Crippen molar-refractivity contribution in [3.8, 4) is 0 Å². The van der Waals surface area contributed by atoms with E-state index >= 15 is 18.3 Å². The fourth-order valence-electron chi connectivity index (χ4n) is 8.85. The lowest BCUT2D eigenvalue weighted by Crippen LogP contribution is -2.36. The number of rotatable bonds is 18. The molecule has 338 valence electrons. The summed E-state index contributed by atoms with van der Waals surface area (Å²) in [5, 5.41) is 5.58. The quantitative estimate of drug-likeness (QED) is 0.0798. The third-order valence-electron chi connectivity index (χ3n) is 12.4. The minimum absolute atomic E-state index is 0.0577. The van der Waals surface area contributed by atoms with Gasteiger partial charge in [-0.25, -0.2) is 0 Å². The molecule has 0 amide bonds. The van der Waals surface area contributed by atoms with E-state index in [1.807, 2.05) is 277 Å². The minimum atomic E-state index is -3.42. The van der Waals surface area contributed by atoms with Crippen molar-refractivity contribution in [1.29, 1.82) is 0 Å². The highest BCUT2D eigenvalue weighted by Gasteiger charge is 2.38. The molecule has 0 saturated heterocycles. The van der Waals surface area contributed by atoms with Crippen molar-refractivity contribution >= 4 is 82.4 Å². The highest BCUT2D eigenvalue weighted by molar-refractivity contribution is 7.80. The molecule has 0 bridgehead atoms. The molecule has 0 heterocycles. The lowest BCUT2D eigenvalue weighted by atomic mass is 10.2. The highest BCUT2D eigenvalue weighted by Crippen LogP contribution is 2.52. The Bertz CT molecular complexity index is 2630. The monoisotopic (exact) mass is 964 g/mol. The van der Waals surface area contributed by atoms with E-state index in [0.717, 1.165) is 0 Å². The molecule has 9 rings (SSSR count). The van der Waals surface area contributed by atoms with Crippen LogP contribution in [-0.4, -0.2) is 25.1 Å². The first-order chi connectivity index (χ1) is 33.2. The van der Waals surface area contributed by atoms with E-state index in [9.17, 15) is 0 Å². The van der Waals surface area contributed by atoms with Crippen LogP contribution in [0, 0.1) is 0 Å². The lowest BCUT2D eigenvalue weighted by molar-refractivity contribution is 0.581. The van der Waals surface area contributed by atoms with Gasteiger partial charge in [0.1, 0.15) is 0 Å². The third-order valence-corrected chi connectivity index (χ3v) is 24.5. The van der Waals surface area contributed by atoms with Crippen LogP contribution in [0.4, 0.5) is 11.4 Å². The largest absolute Gasteiger partial charge is 0.356 e. The second-order valence-electron chi connectivity index (χ2n) is 16.8. The number of hydrogen-bond donors (Lipinski definition) is 0. The zero-order valence-corrected chi connectivity index (χ0v) is 41.1. The molecule has 0 radical (unpaired) electrons. The molecule has 9 aromatic rings. The molecule has 0 aliphatic heterocycles. The molecule has 9 aromatic carbocycles. The molecule has 0 aromatic heterocycles. The van der Waals surface area contributed by atoms with Crippen LogP contribution >= 0.6 is 28.6 Å². The van der Waals surface area contributed by atoms with Crippen LogP contribution in [0.3, 0.4) is 0 Å². The van der Waals surface area contributed by atoms with Gasteiger partial charge in [0.25, 0.3) is 0 Å². The molecule has 0 N–H and O–H groups in total. The maximum absolute atomic E-state index is 16.0. The Morgan fingerprint density at radius 1 is 0.206 bits per heavy atom. The van der Waals surface area contributed by atoms with Crippen molar-refractivity contribution in [2.75, 3.05) is 34.9 Å². The van der Waals surface area contributed by atoms with Crippen molar-refractivity contribution in [2.45, 2.75) is 0 Å². The summed E-state index contributed by atoms with van der Waals surface area (Å²) in [5.41, 5.74) is 1.41. The predicted molar refractivity (Wildman–Crippen MR) is 290 cm³/mol. The fourth-order valence-corrected chi connectivity index (χ4v) is 19.9. The molecule has 6 nitrogen and oxygen atoms in total. The van der Waals surface area contributed by atoms with Gasteiger partial charge in [-0.1, -0.05) is 243 Å². The average molecular weight is 965 g/mol. The van der Waals surface area contributed by atoms with Crippen molar-refractivity contribution < 1.29 is 18.3 Å². The Labute approximate surface area is 400 Å². The van der Waals surface area contributed by atoms with Crippen LogP contribution in [0.15, 0.2) is 267 Å². The molecule has 68 heavy (non-hydrogen) atoms. The lowest BCUT2D eigenvalue weighted by Gasteiger charge is -2.35. The molecule has 0 fully saturated rings. The van der Waals surface area contributed by atoms with Crippen molar-refractivity contribution in [3.05, 3.63) is 267 Å². The number of benzene rings is 9. The summed E-state index contributed by atoms with van der Waals surface area (Å²) >= 11 is 0. The third kappa shape index (κ3) is 9.89. The van der Waals surface area contributed by atoms with Crippen LogP contribution in [0.2, 0.25) is 0 Å². The maximum Gasteiger partial charge on any atom is 0.161 e. The molecular formula is C58H52N2O4P4. The summed E-state index contributed by atoms with van der Waals surface area (Å²) in [4.78, 5) is 4.04. The molecule has 0 saturated carbocycles. The summed E-state index contributed by atoms with van der Waals surface area (Å²) in [6.07, 6.45) is 0.231. The van der Waals surface area contributed by atoms with Crippen molar-refractivity contribution in [1.82, 2.24) is 0 Å². The Morgan fingerprint density at radius 3 is 0.471 bits per heavy atom. The Kier molecular flexibility index (Phi) is 14.2. The van der Waals surface area contributed by atoms with Gasteiger partial charge in [0.05, 0.1) is 25.1 Å². The average Bonchev–Trinajstić information content (AvgIpc) is 3.42. The van der Waals surface area contributed by atoms with Gasteiger partial charge in [0.15, 0.2) is 28.6 Å². The Balaban J connectivity index is 1.21. The van der Waals surface area contributed by atoms with Gasteiger partial charge in [0, 0.05) is 53.8 Å².